The monoisotopic (exact) mass is 446 g/mol. The van der Waals surface area contributed by atoms with Crippen molar-refractivity contribution in [1.29, 1.82) is 5.26 Å². The fourth-order valence-electron chi connectivity index (χ4n) is 3.33. The van der Waals surface area contributed by atoms with Crippen LogP contribution in [0.25, 0.3) is 0 Å². The zero-order valence-corrected chi connectivity index (χ0v) is 20.9. The van der Waals surface area contributed by atoms with E-state index < -0.39 is 8.32 Å². The molecule has 0 spiro atoms. The van der Waals surface area contributed by atoms with Crippen molar-refractivity contribution in [2.75, 3.05) is 20.2 Å². The van der Waals surface area contributed by atoms with Gasteiger partial charge >= 0.3 is 5.97 Å². The highest BCUT2D eigenvalue weighted by Crippen LogP contribution is 2.39. The van der Waals surface area contributed by atoms with E-state index >= 15 is 0 Å². The molecule has 31 heavy (non-hydrogen) atoms. The predicted octanol–water partition coefficient (Wildman–Crippen LogP) is 4.97. The molecular weight excluding hydrogens is 408 g/mol. The van der Waals surface area contributed by atoms with Gasteiger partial charge in [-0.05, 0) is 61.2 Å². The highest BCUT2D eigenvalue weighted by atomic mass is 28.4. The smallest absolute Gasteiger partial charge is 0.330 e. The number of amides is 1. The Bertz CT molecular complexity index is 729. The largest absolute Gasteiger partial charge is 0.549 e. The van der Waals surface area contributed by atoms with Crippen LogP contribution in [0.4, 0.5) is 0 Å². The van der Waals surface area contributed by atoms with Crippen LogP contribution in [-0.4, -0.2) is 45.8 Å². The van der Waals surface area contributed by atoms with Crippen LogP contribution in [0, 0.1) is 23.2 Å². The molecule has 6 nitrogen and oxygen atoms in total. The Hall–Kier alpha value is -2.33. The van der Waals surface area contributed by atoms with Gasteiger partial charge in [-0.15, -0.1) is 0 Å². The Morgan fingerprint density at radius 1 is 1.35 bits per heavy atom. The maximum absolute atomic E-state index is 11.4. The van der Waals surface area contributed by atoms with E-state index in [1.807, 2.05) is 12.3 Å². The zero-order chi connectivity index (χ0) is 23.5. The molecule has 1 aliphatic carbocycles. The maximum atomic E-state index is 11.4. The molecule has 2 atom stereocenters. The number of allylic oxidation sites excluding steroid dienone is 4. The summed E-state index contributed by atoms with van der Waals surface area (Å²) in [4.78, 5) is 24.4. The second-order valence-electron chi connectivity index (χ2n) is 9.54. The average Bonchev–Trinajstić information content (AvgIpc) is 2.90. The summed E-state index contributed by atoms with van der Waals surface area (Å²) < 4.78 is 11.1. The minimum atomic E-state index is -1.95. The molecule has 172 valence electrons. The van der Waals surface area contributed by atoms with Crippen LogP contribution in [0.3, 0.4) is 0 Å². The number of esters is 1. The van der Waals surface area contributed by atoms with Crippen molar-refractivity contribution < 1.29 is 18.8 Å². The summed E-state index contributed by atoms with van der Waals surface area (Å²) in [6, 6.07) is 2.06. The SMILES string of the molecule is COC(=O)/C=C\CC[C@H]1/C(=C\O[Si](C)(C)C(C)(C)C)CC=CC[C@H]1CN(C=O)CC#N. The Balaban J connectivity index is 3.13. The summed E-state index contributed by atoms with van der Waals surface area (Å²) in [5, 5.41) is 9.13. The lowest BCUT2D eigenvalue weighted by Gasteiger charge is -2.36. The number of hydrogen-bond donors (Lipinski definition) is 0. The molecule has 0 bridgehead atoms. The molecule has 0 saturated heterocycles. The van der Waals surface area contributed by atoms with E-state index in [0.29, 0.717) is 13.0 Å². The highest BCUT2D eigenvalue weighted by molar-refractivity contribution is 6.74. The summed E-state index contributed by atoms with van der Waals surface area (Å²) in [7, 11) is -0.589. The van der Waals surface area contributed by atoms with Crippen molar-refractivity contribution in [1.82, 2.24) is 4.90 Å². The summed E-state index contributed by atoms with van der Waals surface area (Å²) >= 11 is 0. The Labute approximate surface area is 188 Å². The van der Waals surface area contributed by atoms with Crippen LogP contribution >= 0.6 is 0 Å². The number of nitriles is 1. The van der Waals surface area contributed by atoms with E-state index in [1.165, 1.54) is 23.7 Å². The van der Waals surface area contributed by atoms with Gasteiger partial charge in [0.15, 0.2) is 0 Å². The van der Waals surface area contributed by atoms with Crippen LogP contribution in [0.15, 0.2) is 36.1 Å². The van der Waals surface area contributed by atoms with E-state index in [0.717, 1.165) is 25.7 Å². The van der Waals surface area contributed by atoms with E-state index in [4.69, 9.17) is 9.69 Å². The Morgan fingerprint density at radius 3 is 2.65 bits per heavy atom. The number of carbonyl (C=O) groups is 2. The topological polar surface area (TPSA) is 79.6 Å². The molecule has 0 aliphatic heterocycles. The summed E-state index contributed by atoms with van der Waals surface area (Å²) in [5.41, 5.74) is 1.21. The Morgan fingerprint density at radius 2 is 2.06 bits per heavy atom. The molecular formula is C24H38N2O4Si. The van der Waals surface area contributed by atoms with E-state index in [1.54, 1.807) is 0 Å². The van der Waals surface area contributed by atoms with Crippen LogP contribution < -0.4 is 0 Å². The van der Waals surface area contributed by atoms with Crippen molar-refractivity contribution in [3.05, 3.63) is 36.1 Å². The number of carbonyl (C=O) groups excluding carboxylic acids is 2. The second kappa shape index (κ2) is 12.5. The van der Waals surface area contributed by atoms with Crippen LogP contribution in [-0.2, 0) is 18.8 Å². The average molecular weight is 447 g/mol. The van der Waals surface area contributed by atoms with Gasteiger partial charge in [-0.2, -0.15) is 5.26 Å². The molecule has 0 radical (unpaired) electrons. The van der Waals surface area contributed by atoms with Crippen molar-refractivity contribution in [3.63, 3.8) is 0 Å². The van der Waals surface area contributed by atoms with E-state index in [9.17, 15) is 9.59 Å². The molecule has 0 aromatic carbocycles. The van der Waals surface area contributed by atoms with Crippen molar-refractivity contribution in [2.45, 2.75) is 64.6 Å². The lowest BCUT2D eigenvalue weighted by atomic mass is 9.81. The number of methoxy groups -OCH3 is 1. The molecule has 7 heteroatoms. The van der Waals surface area contributed by atoms with Gasteiger partial charge < -0.3 is 14.1 Å². The first-order valence-electron chi connectivity index (χ1n) is 10.9. The van der Waals surface area contributed by atoms with Crippen LogP contribution in [0.5, 0.6) is 0 Å². The molecule has 1 rings (SSSR count). The molecule has 0 aromatic rings. The van der Waals surface area contributed by atoms with Crippen molar-refractivity contribution in [2.24, 2.45) is 11.8 Å². The first kappa shape index (κ1) is 26.7. The van der Waals surface area contributed by atoms with Gasteiger partial charge in [0.25, 0.3) is 0 Å². The van der Waals surface area contributed by atoms with Gasteiger partial charge in [-0.1, -0.05) is 39.0 Å². The van der Waals surface area contributed by atoms with Gasteiger partial charge in [0.05, 0.1) is 19.4 Å². The lowest BCUT2D eigenvalue weighted by molar-refractivity contribution is -0.134. The number of rotatable bonds is 10. The summed E-state index contributed by atoms with van der Waals surface area (Å²) in [6.07, 6.45) is 13.5. The van der Waals surface area contributed by atoms with E-state index in [2.05, 4.69) is 56.8 Å². The third-order valence-electron chi connectivity index (χ3n) is 6.31. The van der Waals surface area contributed by atoms with Gasteiger partial charge in [0.2, 0.25) is 14.7 Å². The third kappa shape index (κ3) is 8.74. The van der Waals surface area contributed by atoms with Gasteiger partial charge in [0, 0.05) is 12.6 Å². The minimum Gasteiger partial charge on any atom is -0.549 e. The highest BCUT2D eigenvalue weighted by Gasteiger charge is 2.38. The van der Waals surface area contributed by atoms with Gasteiger partial charge in [-0.25, -0.2) is 4.79 Å². The second-order valence-corrected chi connectivity index (χ2v) is 14.3. The van der Waals surface area contributed by atoms with Crippen LogP contribution in [0.1, 0.15) is 46.5 Å². The number of hydrogen-bond acceptors (Lipinski definition) is 5. The molecule has 0 unspecified atom stereocenters. The first-order chi connectivity index (χ1) is 14.6. The normalized spacial score (nSPS) is 20.9. The minimum absolute atomic E-state index is 0.0815. The molecule has 1 aliphatic rings. The quantitative estimate of drug-likeness (QED) is 0.0900. The zero-order valence-electron chi connectivity index (χ0n) is 19.9. The standard InChI is InChI=1S/C24H38N2O4Si/c1-24(2,3)31(5,6)30-18-21-12-8-7-11-20(17-26(19-27)16-15-25)22(21)13-9-10-14-23(28)29-4/h7-8,10,14,18-20,22H,9,11-13,16-17H2,1-6H3/b14-10-,21-18-/t20-,22+/m0/s1. The predicted molar refractivity (Wildman–Crippen MR) is 125 cm³/mol. The molecule has 0 aromatic heterocycles. The molecule has 1 amide bonds. The van der Waals surface area contributed by atoms with Crippen molar-refractivity contribution >= 4 is 20.7 Å². The fourth-order valence-corrected chi connectivity index (χ4v) is 4.13. The number of nitrogens with zero attached hydrogens (tertiary/aromatic N) is 2. The summed E-state index contributed by atoms with van der Waals surface area (Å²) in [6.45, 7) is 11.7. The third-order valence-corrected chi connectivity index (χ3v) is 10.6. The van der Waals surface area contributed by atoms with Crippen LogP contribution in [0.2, 0.25) is 18.1 Å². The summed E-state index contributed by atoms with van der Waals surface area (Å²) in [5.74, 6) is -0.00133. The van der Waals surface area contributed by atoms with Crippen molar-refractivity contribution in [3.8, 4) is 6.07 Å². The maximum Gasteiger partial charge on any atom is 0.330 e. The molecule has 0 saturated carbocycles. The first-order valence-corrected chi connectivity index (χ1v) is 13.8. The van der Waals surface area contributed by atoms with Gasteiger partial charge in [-0.3, -0.25) is 4.79 Å². The fraction of sp³-hybridized carbons (Fsp3) is 0.625. The Kier molecular flexibility index (Phi) is 10.8. The van der Waals surface area contributed by atoms with E-state index in [-0.39, 0.29) is 29.4 Å². The molecule has 0 fully saturated rings. The lowest BCUT2D eigenvalue weighted by Crippen LogP contribution is -2.39. The van der Waals surface area contributed by atoms with Gasteiger partial charge in [0.1, 0.15) is 6.54 Å². The number of ether oxygens (including phenoxy) is 1. The molecule has 0 N–H and O–H groups in total. The molecule has 0 heterocycles.